The van der Waals surface area contributed by atoms with Crippen LogP contribution >= 0.6 is 24.4 Å². The van der Waals surface area contributed by atoms with E-state index in [0.29, 0.717) is 10.2 Å². The second-order valence-electron chi connectivity index (χ2n) is 7.37. The Morgan fingerprint density at radius 1 is 0.455 bits per heavy atom. The van der Waals surface area contributed by atoms with Gasteiger partial charge in [-0.2, -0.15) is 0 Å². The zero-order chi connectivity index (χ0) is 22.9. The summed E-state index contributed by atoms with van der Waals surface area (Å²) < 4.78 is 0. The molecule has 0 aliphatic carbocycles. The lowest BCUT2D eigenvalue weighted by atomic mass is 9.91. The maximum absolute atomic E-state index is 5.74. The molecule has 0 saturated carbocycles. The van der Waals surface area contributed by atoms with Gasteiger partial charge in [0, 0.05) is 22.5 Å². The normalized spacial score (nSPS) is 10.7. The highest BCUT2D eigenvalue weighted by Crippen LogP contribution is 2.28. The molecule has 164 valence electrons. The van der Waals surface area contributed by atoms with E-state index in [1.54, 1.807) is 0 Å². The van der Waals surface area contributed by atoms with Crippen molar-refractivity contribution < 1.29 is 0 Å². The van der Waals surface area contributed by atoms with E-state index in [1.807, 2.05) is 121 Å². The molecule has 0 spiro atoms. The lowest BCUT2D eigenvalue weighted by Gasteiger charge is -2.38. The van der Waals surface area contributed by atoms with Crippen molar-refractivity contribution in [3.05, 3.63) is 132 Å². The van der Waals surface area contributed by atoms with Crippen LogP contribution in [0, 0.1) is 0 Å². The number of thiocarbonyl (C=S) groups is 2. The van der Waals surface area contributed by atoms with E-state index in [0.717, 1.165) is 22.5 Å². The van der Waals surface area contributed by atoms with E-state index in [2.05, 4.69) is 21.3 Å². The molecule has 0 radical (unpaired) electrons. The van der Waals surface area contributed by atoms with Crippen LogP contribution in [0.15, 0.2) is 121 Å². The Labute approximate surface area is 205 Å². The molecule has 0 aromatic heterocycles. The topological polar surface area (TPSA) is 48.1 Å². The third kappa shape index (κ3) is 5.74. The molecule has 0 bridgehead atoms. The maximum atomic E-state index is 5.74. The number of nitrogens with one attached hydrogen (secondary N) is 4. The molecule has 4 nitrogen and oxygen atoms in total. The van der Waals surface area contributed by atoms with E-state index >= 15 is 0 Å². The first kappa shape index (κ1) is 22.5. The Kier molecular flexibility index (Phi) is 7.29. The summed E-state index contributed by atoms with van der Waals surface area (Å²) in [5, 5.41) is 14.5. The number of para-hydroxylation sites is 2. The summed E-state index contributed by atoms with van der Waals surface area (Å²) in [6.45, 7) is 0. The molecule has 0 unspecified atom stereocenters. The molecule has 0 aliphatic rings. The van der Waals surface area contributed by atoms with Crippen LogP contribution in [0.4, 0.5) is 11.4 Å². The third-order valence-electron chi connectivity index (χ3n) is 5.08. The van der Waals surface area contributed by atoms with E-state index in [-0.39, 0.29) is 0 Å². The van der Waals surface area contributed by atoms with E-state index < -0.39 is 5.66 Å². The SMILES string of the molecule is S=C(Nc1ccccc1)NC(NC(=S)Nc1ccccc1)(c1ccccc1)c1ccccc1. The van der Waals surface area contributed by atoms with Gasteiger partial charge in [-0.25, -0.2) is 0 Å². The Morgan fingerprint density at radius 2 is 0.758 bits per heavy atom. The largest absolute Gasteiger partial charge is 0.333 e. The molecule has 4 aromatic rings. The number of hydrogen-bond acceptors (Lipinski definition) is 2. The lowest BCUT2D eigenvalue weighted by Crippen LogP contribution is -2.60. The molecular formula is C27H24N4S2. The first-order chi connectivity index (χ1) is 16.2. The van der Waals surface area contributed by atoms with Crippen LogP contribution in [-0.2, 0) is 5.66 Å². The van der Waals surface area contributed by atoms with Gasteiger partial charge in [-0.15, -0.1) is 0 Å². The van der Waals surface area contributed by atoms with Crippen LogP contribution in [0.2, 0.25) is 0 Å². The van der Waals surface area contributed by atoms with Gasteiger partial charge in [-0.05, 0) is 48.7 Å². The fourth-order valence-electron chi connectivity index (χ4n) is 3.57. The Hall–Kier alpha value is -3.74. The minimum absolute atomic E-state index is 0.462. The fraction of sp³-hybridized carbons (Fsp3) is 0.0370. The predicted octanol–water partition coefficient (Wildman–Crippen LogP) is 5.86. The zero-order valence-corrected chi connectivity index (χ0v) is 19.5. The molecule has 0 amide bonds. The molecule has 4 N–H and O–H groups in total. The Morgan fingerprint density at radius 3 is 1.09 bits per heavy atom. The van der Waals surface area contributed by atoms with Crippen molar-refractivity contribution in [1.82, 2.24) is 10.6 Å². The van der Waals surface area contributed by atoms with E-state index in [4.69, 9.17) is 24.4 Å². The lowest BCUT2D eigenvalue weighted by molar-refractivity contribution is 0.446. The highest BCUT2D eigenvalue weighted by Gasteiger charge is 2.36. The van der Waals surface area contributed by atoms with Crippen molar-refractivity contribution >= 4 is 46.0 Å². The molecule has 4 rings (SSSR count). The molecule has 4 aromatic carbocycles. The predicted molar refractivity (Wildman–Crippen MR) is 145 cm³/mol. The second-order valence-corrected chi connectivity index (χ2v) is 8.19. The van der Waals surface area contributed by atoms with Gasteiger partial charge in [-0.1, -0.05) is 97.1 Å². The summed E-state index contributed by atoms with van der Waals surface area (Å²) in [5.74, 6) is 0. The van der Waals surface area contributed by atoms with Gasteiger partial charge in [-0.3, -0.25) is 0 Å². The van der Waals surface area contributed by atoms with Gasteiger partial charge in [0.1, 0.15) is 0 Å². The molecule has 33 heavy (non-hydrogen) atoms. The van der Waals surface area contributed by atoms with Crippen molar-refractivity contribution in [1.29, 1.82) is 0 Å². The fourth-order valence-corrected chi connectivity index (χ4v) is 4.11. The van der Waals surface area contributed by atoms with Gasteiger partial charge < -0.3 is 21.3 Å². The molecule has 0 saturated heterocycles. The smallest absolute Gasteiger partial charge is 0.173 e. The van der Waals surface area contributed by atoms with Gasteiger partial charge in [0.25, 0.3) is 0 Å². The average Bonchev–Trinajstić information content (AvgIpc) is 2.86. The van der Waals surface area contributed by atoms with Crippen LogP contribution in [0.3, 0.4) is 0 Å². The van der Waals surface area contributed by atoms with Crippen LogP contribution < -0.4 is 21.3 Å². The van der Waals surface area contributed by atoms with Crippen molar-refractivity contribution in [3.63, 3.8) is 0 Å². The van der Waals surface area contributed by atoms with Crippen LogP contribution in [0.5, 0.6) is 0 Å². The van der Waals surface area contributed by atoms with Crippen molar-refractivity contribution in [2.24, 2.45) is 0 Å². The number of anilines is 2. The van der Waals surface area contributed by atoms with Gasteiger partial charge in [0.05, 0.1) is 0 Å². The van der Waals surface area contributed by atoms with Crippen LogP contribution in [0.1, 0.15) is 11.1 Å². The molecule has 0 aliphatic heterocycles. The van der Waals surface area contributed by atoms with Crippen LogP contribution in [0.25, 0.3) is 0 Å². The molecular weight excluding hydrogens is 444 g/mol. The monoisotopic (exact) mass is 468 g/mol. The number of benzene rings is 4. The summed E-state index contributed by atoms with van der Waals surface area (Å²) in [6, 6.07) is 39.8. The van der Waals surface area contributed by atoms with Crippen molar-refractivity contribution in [3.8, 4) is 0 Å². The second kappa shape index (κ2) is 10.7. The first-order valence-corrected chi connectivity index (χ1v) is 11.4. The number of hydrogen-bond donors (Lipinski definition) is 4. The molecule has 6 heteroatoms. The highest BCUT2D eigenvalue weighted by molar-refractivity contribution is 7.80. The summed E-state index contributed by atoms with van der Waals surface area (Å²) in [7, 11) is 0. The van der Waals surface area contributed by atoms with E-state index in [9.17, 15) is 0 Å². The Bertz CT molecular complexity index is 1090. The first-order valence-electron chi connectivity index (χ1n) is 10.6. The Balaban J connectivity index is 1.71. The van der Waals surface area contributed by atoms with Crippen molar-refractivity contribution in [2.75, 3.05) is 10.6 Å². The third-order valence-corrected chi connectivity index (χ3v) is 5.49. The maximum Gasteiger partial charge on any atom is 0.173 e. The summed E-state index contributed by atoms with van der Waals surface area (Å²) in [6.07, 6.45) is 0. The number of rotatable bonds is 6. The summed E-state index contributed by atoms with van der Waals surface area (Å²) >= 11 is 11.5. The summed E-state index contributed by atoms with van der Waals surface area (Å²) in [4.78, 5) is 0. The molecule has 0 heterocycles. The van der Waals surface area contributed by atoms with Gasteiger partial charge >= 0.3 is 0 Å². The zero-order valence-electron chi connectivity index (χ0n) is 17.9. The quantitative estimate of drug-likeness (QED) is 0.210. The molecule has 0 atom stereocenters. The average molecular weight is 469 g/mol. The minimum atomic E-state index is -0.916. The summed E-state index contributed by atoms with van der Waals surface area (Å²) in [5.41, 5.74) is 2.81. The minimum Gasteiger partial charge on any atom is -0.333 e. The molecule has 0 fully saturated rings. The van der Waals surface area contributed by atoms with Crippen molar-refractivity contribution in [2.45, 2.75) is 5.66 Å². The van der Waals surface area contributed by atoms with Gasteiger partial charge in [0.2, 0.25) is 0 Å². The standard InChI is InChI=1S/C27H24N4S2/c32-25(28-23-17-9-3-10-18-23)30-27(21-13-5-1-6-14-21,22-15-7-2-8-16-22)31-26(33)29-24-19-11-4-12-20-24/h1-20H,(H2,28,30,32)(H2,29,31,33). The van der Waals surface area contributed by atoms with Crippen LogP contribution in [-0.4, -0.2) is 10.2 Å². The highest BCUT2D eigenvalue weighted by atomic mass is 32.1. The van der Waals surface area contributed by atoms with Gasteiger partial charge in [0.15, 0.2) is 15.9 Å². The van der Waals surface area contributed by atoms with E-state index in [1.165, 1.54) is 0 Å².